The van der Waals surface area contributed by atoms with Gasteiger partial charge in [0.05, 0.1) is 0 Å². The van der Waals surface area contributed by atoms with Crippen molar-refractivity contribution in [2.24, 2.45) is 0 Å². The van der Waals surface area contributed by atoms with Gasteiger partial charge in [-0.2, -0.15) is 0 Å². The first-order chi connectivity index (χ1) is 5.38. The SMILES string of the molecule is Nc1nn[nH]c1N1CCCC1. The molecule has 0 aromatic carbocycles. The molecule has 1 aliphatic heterocycles. The minimum Gasteiger partial charge on any atom is -0.379 e. The molecular weight excluding hydrogens is 142 g/mol. The van der Waals surface area contributed by atoms with Crippen molar-refractivity contribution in [1.29, 1.82) is 0 Å². The van der Waals surface area contributed by atoms with Gasteiger partial charge in [0.1, 0.15) is 0 Å². The maximum atomic E-state index is 5.57. The molecule has 1 aliphatic rings. The smallest absolute Gasteiger partial charge is 0.190 e. The fourth-order valence-corrected chi connectivity index (χ4v) is 1.40. The maximum absolute atomic E-state index is 5.57. The zero-order chi connectivity index (χ0) is 7.68. The Kier molecular flexibility index (Phi) is 1.41. The summed E-state index contributed by atoms with van der Waals surface area (Å²) >= 11 is 0. The summed E-state index contributed by atoms with van der Waals surface area (Å²) in [5.74, 6) is 1.38. The van der Waals surface area contributed by atoms with Gasteiger partial charge in [-0.1, -0.05) is 5.21 Å². The van der Waals surface area contributed by atoms with Crippen LogP contribution in [0.4, 0.5) is 11.6 Å². The summed E-state index contributed by atoms with van der Waals surface area (Å²) in [7, 11) is 0. The molecule has 1 aromatic rings. The summed E-state index contributed by atoms with van der Waals surface area (Å²) in [6.45, 7) is 2.13. The van der Waals surface area contributed by atoms with Crippen molar-refractivity contribution in [2.75, 3.05) is 23.7 Å². The van der Waals surface area contributed by atoms with E-state index in [0.717, 1.165) is 18.9 Å². The van der Waals surface area contributed by atoms with Crippen LogP contribution < -0.4 is 10.6 Å². The third kappa shape index (κ3) is 1.02. The van der Waals surface area contributed by atoms with E-state index < -0.39 is 0 Å². The molecule has 0 saturated carbocycles. The summed E-state index contributed by atoms with van der Waals surface area (Å²) in [5, 5.41) is 10.1. The van der Waals surface area contributed by atoms with E-state index in [9.17, 15) is 0 Å². The zero-order valence-corrected chi connectivity index (χ0v) is 6.25. The van der Waals surface area contributed by atoms with Crippen molar-refractivity contribution in [3.8, 4) is 0 Å². The van der Waals surface area contributed by atoms with E-state index >= 15 is 0 Å². The van der Waals surface area contributed by atoms with Crippen LogP contribution in [0.15, 0.2) is 0 Å². The fourth-order valence-electron chi connectivity index (χ4n) is 1.40. The molecule has 0 bridgehead atoms. The lowest BCUT2D eigenvalue weighted by atomic mass is 10.4. The quantitative estimate of drug-likeness (QED) is 0.595. The van der Waals surface area contributed by atoms with E-state index in [1.165, 1.54) is 12.8 Å². The summed E-state index contributed by atoms with van der Waals surface area (Å²) in [6.07, 6.45) is 2.47. The Hall–Kier alpha value is -1.26. The minimum absolute atomic E-state index is 0.506. The van der Waals surface area contributed by atoms with E-state index in [1.807, 2.05) is 0 Å². The van der Waals surface area contributed by atoms with Gasteiger partial charge in [-0.3, -0.25) is 0 Å². The molecule has 5 heteroatoms. The molecule has 11 heavy (non-hydrogen) atoms. The number of anilines is 2. The number of nitrogens with one attached hydrogen (secondary N) is 1. The van der Waals surface area contributed by atoms with Gasteiger partial charge < -0.3 is 10.6 Å². The highest BCUT2D eigenvalue weighted by molar-refractivity contribution is 5.56. The van der Waals surface area contributed by atoms with Crippen molar-refractivity contribution in [3.05, 3.63) is 0 Å². The van der Waals surface area contributed by atoms with Gasteiger partial charge in [-0.15, -0.1) is 5.10 Å². The van der Waals surface area contributed by atoms with Crippen LogP contribution in [0.25, 0.3) is 0 Å². The Morgan fingerprint density at radius 2 is 2.09 bits per heavy atom. The van der Waals surface area contributed by atoms with Gasteiger partial charge in [0.15, 0.2) is 11.6 Å². The van der Waals surface area contributed by atoms with Gasteiger partial charge in [0.25, 0.3) is 0 Å². The van der Waals surface area contributed by atoms with E-state index in [1.54, 1.807) is 0 Å². The molecule has 0 radical (unpaired) electrons. The molecule has 60 valence electrons. The molecule has 2 rings (SSSR count). The third-order valence-electron chi connectivity index (χ3n) is 1.98. The molecule has 0 aliphatic carbocycles. The monoisotopic (exact) mass is 153 g/mol. The van der Waals surface area contributed by atoms with E-state index in [2.05, 4.69) is 20.3 Å². The lowest BCUT2D eigenvalue weighted by Gasteiger charge is -2.13. The number of nitrogens with two attached hydrogens (primary N) is 1. The molecule has 1 fully saturated rings. The lowest BCUT2D eigenvalue weighted by molar-refractivity contribution is 0.895. The molecule has 3 N–H and O–H groups in total. The average Bonchev–Trinajstić information content (AvgIpc) is 2.55. The zero-order valence-electron chi connectivity index (χ0n) is 6.25. The summed E-state index contributed by atoms with van der Waals surface area (Å²) in [6, 6.07) is 0. The standard InChI is InChI=1S/C6H11N5/c7-5-6(9-10-8-5)11-3-1-2-4-11/h1-4H2,(H3,7,8,9,10). The minimum atomic E-state index is 0.506. The highest BCUT2D eigenvalue weighted by atomic mass is 15.4. The van der Waals surface area contributed by atoms with Crippen LogP contribution in [0.2, 0.25) is 0 Å². The number of hydrogen-bond acceptors (Lipinski definition) is 4. The first-order valence-electron chi connectivity index (χ1n) is 3.79. The normalized spacial score (nSPS) is 17.6. The maximum Gasteiger partial charge on any atom is 0.190 e. The third-order valence-corrected chi connectivity index (χ3v) is 1.98. The topological polar surface area (TPSA) is 70.8 Å². The van der Waals surface area contributed by atoms with Gasteiger partial charge in [-0.25, -0.2) is 5.10 Å². The second-order valence-corrected chi connectivity index (χ2v) is 2.74. The van der Waals surface area contributed by atoms with Gasteiger partial charge in [0.2, 0.25) is 0 Å². The molecule has 0 atom stereocenters. The number of H-pyrrole nitrogens is 1. The number of nitrogen functional groups attached to an aromatic ring is 1. The van der Waals surface area contributed by atoms with E-state index in [0.29, 0.717) is 5.82 Å². The molecule has 1 saturated heterocycles. The van der Waals surface area contributed by atoms with Gasteiger partial charge >= 0.3 is 0 Å². The summed E-state index contributed by atoms with van der Waals surface area (Å²) < 4.78 is 0. The van der Waals surface area contributed by atoms with E-state index in [-0.39, 0.29) is 0 Å². The molecule has 0 amide bonds. The summed E-state index contributed by atoms with van der Waals surface area (Å²) in [5.41, 5.74) is 5.57. The number of hydrogen-bond donors (Lipinski definition) is 2. The van der Waals surface area contributed by atoms with Crippen molar-refractivity contribution < 1.29 is 0 Å². The van der Waals surface area contributed by atoms with Crippen LogP contribution in [-0.4, -0.2) is 28.5 Å². The first-order valence-corrected chi connectivity index (χ1v) is 3.79. The highest BCUT2D eigenvalue weighted by Crippen LogP contribution is 2.20. The Labute approximate surface area is 64.6 Å². The van der Waals surface area contributed by atoms with E-state index in [4.69, 9.17) is 5.73 Å². The average molecular weight is 153 g/mol. The second kappa shape index (κ2) is 2.41. The molecule has 5 nitrogen and oxygen atoms in total. The predicted octanol–water partition coefficient (Wildman–Crippen LogP) is -0.0129. The van der Waals surface area contributed by atoms with Crippen LogP contribution in [-0.2, 0) is 0 Å². The Morgan fingerprint density at radius 3 is 2.64 bits per heavy atom. The summed E-state index contributed by atoms with van der Waals surface area (Å²) in [4.78, 5) is 2.18. The molecule has 2 heterocycles. The van der Waals surface area contributed by atoms with Gasteiger partial charge in [0, 0.05) is 13.1 Å². The van der Waals surface area contributed by atoms with Crippen LogP contribution in [0.5, 0.6) is 0 Å². The Morgan fingerprint density at radius 1 is 1.36 bits per heavy atom. The largest absolute Gasteiger partial charge is 0.379 e. The number of aromatic amines is 1. The van der Waals surface area contributed by atoms with Crippen molar-refractivity contribution in [1.82, 2.24) is 15.4 Å². The van der Waals surface area contributed by atoms with Crippen molar-refractivity contribution >= 4 is 11.6 Å². The predicted molar refractivity (Wildman–Crippen MR) is 42.2 cm³/mol. The van der Waals surface area contributed by atoms with Crippen LogP contribution in [0, 0.1) is 0 Å². The van der Waals surface area contributed by atoms with Crippen LogP contribution >= 0.6 is 0 Å². The van der Waals surface area contributed by atoms with Crippen LogP contribution in [0.3, 0.4) is 0 Å². The number of rotatable bonds is 1. The highest BCUT2D eigenvalue weighted by Gasteiger charge is 2.16. The number of aromatic nitrogens is 3. The second-order valence-electron chi connectivity index (χ2n) is 2.74. The van der Waals surface area contributed by atoms with Crippen molar-refractivity contribution in [2.45, 2.75) is 12.8 Å². The molecular formula is C6H11N5. The lowest BCUT2D eigenvalue weighted by Crippen LogP contribution is -2.19. The number of nitrogens with zero attached hydrogens (tertiary/aromatic N) is 3. The Balaban J connectivity index is 2.21. The van der Waals surface area contributed by atoms with Crippen molar-refractivity contribution in [3.63, 3.8) is 0 Å². The Bertz CT molecular complexity index is 237. The molecule has 1 aromatic heterocycles. The fraction of sp³-hybridized carbons (Fsp3) is 0.667. The molecule has 0 spiro atoms. The van der Waals surface area contributed by atoms with Crippen LogP contribution in [0.1, 0.15) is 12.8 Å². The molecule has 0 unspecified atom stereocenters. The first kappa shape index (κ1) is 6.45. The van der Waals surface area contributed by atoms with Gasteiger partial charge in [-0.05, 0) is 12.8 Å².